The molecular formula is C19H22N4O4S. The highest BCUT2D eigenvalue weighted by atomic mass is 32.2. The standard InChI is InChI=1S/C19H22N4O4S/c24-18(22-16-4-3-10-20-14-16)9-11-21-19(25)15-5-7-17(8-6-15)28(26,27)23-12-1-2-13-23/h3-8,10,14H,1-2,9,11-13H2,(H,21,25)(H,22,24). The van der Waals surface area contributed by atoms with E-state index in [9.17, 15) is 18.0 Å². The van der Waals surface area contributed by atoms with Gasteiger partial charge in [0.1, 0.15) is 0 Å². The van der Waals surface area contributed by atoms with Crippen molar-refractivity contribution in [2.75, 3.05) is 25.0 Å². The van der Waals surface area contributed by atoms with Gasteiger partial charge in [0.2, 0.25) is 15.9 Å². The maximum absolute atomic E-state index is 12.5. The zero-order chi connectivity index (χ0) is 20.0. The van der Waals surface area contributed by atoms with E-state index in [1.807, 2.05) is 0 Å². The Balaban J connectivity index is 1.50. The molecule has 0 spiro atoms. The fourth-order valence-electron chi connectivity index (χ4n) is 2.91. The van der Waals surface area contributed by atoms with Crippen LogP contribution in [0.15, 0.2) is 53.7 Å². The first-order chi connectivity index (χ1) is 13.5. The van der Waals surface area contributed by atoms with Crippen molar-refractivity contribution >= 4 is 27.5 Å². The molecule has 28 heavy (non-hydrogen) atoms. The van der Waals surface area contributed by atoms with Crippen molar-refractivity contribution in [3.63, 3.8) is 0 Å². The number of carbonyl (C=O) groups is 2. The van der Waals surface area contributed by atoms with Gasteiger partial charge in [-0.3, -0.25) is 14.6 Å². The summed E-state index contributed by atoms with van der Waals surface area (Å²) in [4.78, 5) is 28.1. The van der Waals surface area contributed by atoms with Gasteiger partial charge >= 0.3 is 0 Å². The second-order valence-corrected chi connectivity index (χ2v) is 8.37. The SMILES string of the molecule is O=C(CCNC(=O)c1ccc(S(=O)(=O)N2CCCC2)cc1)Nc1cccnc1. The summed E-state index contributed by atoms with van der Waals surface area (Å²) >= 11 is 0. The van der Waals surface area contributed by atoms with Gasteiger partial charge in [-0.2, -0.15) is 4.31 Å². The Kier molecular flexibility index (Phi) is 6.37. The number of nitrogens with one attached hydrogen (secondary N) is 2. The molecule has 2 N–H and O–H groups in total. The minimum atomic E-state index is -3.50. The molecule has 1 aliphatic rings. The van der Waals surface area contributed by atoms with Crippen molar-refractivity contribution in [1.29, 1.82) is 0 Å². The van der Waals surface area contributed by atoms with Gasteiger partial charge in [0, 0.05) is 37.8 Å². The summed E-state index contributed by atoms with van der Waals surface area (Å²) in [5, 5.41) is 5.34. The summed E-state index contributed by atoms with van der Waals surface area (Å²) in [5.41, 5.74) is 0.932. The molecule has 1 saturated heterocycles. The zero-order valence-corrected chi connectivity index (χ0v) is 16.1. The Hall–Kier alpha value is -2.78. The predicted octanol–water partition coefficient (Wildman–Crippen LogP) is 1.62. The van der Waals surface area contributed by atoms with E-state index in [1.165, 1.54) is 34.8 Å². The van der Waals surface area contributed by atoms with Crippen LogP contribution < -0.4 is 10.6 Å². The lowest BCUT2D eigenvalue weighted by Gasteiger charge is -2.15. The lowest BCUT2D eigenvalue weighted by atomic mass is 10.2. The average Bonchev–Trinajstić information content (AvgIpc) is 3.24. The Morgan fingerprint density at radius 2 is 1.79 bits per heavy atom. The molecule has 0 atom stereocenters. The maximum atomic E-state index is 12.5. The van der Waals surface area contributed by atoms with Crippen LogP contribution in [0, 0.1) is 0 Å². The van der Waals surface area contributed by atoms with Gasteiger partial charge in [0.05, 0.1) is 16.8 Å². The molecule has 0 saturated carbocycles. The number of nitrogens with zero attached hydrogens (tertiary/aromatic N) is 2. The monoisotopic (exact) mass is 402 g/mol. The average molecular weight is 402 g/mol. The quantitative estimate of drug-likeness (QED) is 0.732. The number of hydrogen-bond acceptors (Lipinski definition) is 5. The van der Waals surface area contributed by atoms with Gasteiger partial charge < -0.3 is 10.6 Å². The number of amides is 2. The van der Waals surface area contributed by atoms with Crippen molar-refractivity contribution in [3.8, 4) is 0 Å². The highest BCUT2D eigenvalue weighted by Crippen LogP contribution is 2.21. The summed E-state index contributed by atoms with van der Waals surface area (Å²) in [7, 11) is -3.50. The van der Waals surface area contributed by atoms with Crippen LogP contribution in [0.1, 0.15) is 29.6 Å². The summed E-state index contributed by atoms with van der Waals surface area (Å²) in [6.07, 6.45) is 5.00. The van der Waals surface area contributed by atoms with E-state index < -0.39 is 10.0 Å². The molecule has 0 aliphatic carbocycles. The molecule has 2 amide bonds. The smallest absolute Gasteiger partial charge is 0.251 e. The highest BCUT2D eigenvalue weighted by Gasteiger charge is 2.27. The van der Waals surface area contributed by atoms with Crippen LogP contribution >= 0.6 is 0 Å². The summed E-state index contributed by atoms with van der Waals surface area (Å²) < 4.78 is 26.4. The number of pyridine rings is 1. The molecule has 1 fully saturated rings. The Morgan fingerprint density at radius 1 is 1.07 bits per heavy atom. The van der Waals surface area contributed by atoms with E-state index in [0.717, 1.165) is 12.8 Å². The normalized spacial score (nSPS) is 14.6. The number of anilines is 1. The number of rotatable bonds is 7. The van der Waals surface area contributed by atoms with Crippen LogP contribution in [0.2, 0.25) is 0 Å². The first-order valence-electron chi connectivity index (χ1n) is 9.05. The summed E-state index contributed by atoms with van der Waals surface area (Å²) in [6.45, 7) is 1.23. The molecule has 148 valence electrons. The molecule has 0 bridgehead atoms. The molecular weight excluding hydrogens is 380 g/mol. The van der Waals surface area contributed by atoms with Crippen LogP contribution in [0.5, 0.6) is 0 Å². The van der Waals surface area contributed by atoms with E-state index in [4.69, 9.17) is 0 Å². The van der Waals surface area contributed by atoms with Gasteiger partial charge in [-0.05, 0) is 49.2 Å². The van der Waals surface area contributed by atoms with Crippen molar-refractivity contribution in [1.82, 2.24) is 14.6 Å². The Morgan fingerprint density at radius 3 is 2.43 bits per heavy atom. The van der Waals surface area contributed by atoms with Crippen LogP contribution in [0.25, 0.3) is 0 Å². The van der Waals surface area contributed by atoms with Gasteiger partial charge in [0.15, 0.2) is 0 Å². The van der Waals surface area contributed by atoms with Crippen LogP contribution in [0.3, 0.4) is 0 Å². The molecule has 0 radical (unpaired) electrons. The van der Waals surface area contributed by atoms with Gasteiger partial charge in [0.25, 0.3) is 5.91 Å². The van der Waals surface area contributed by atoms with Crippen molar-refractivity contribution in [3.05, 3.63) is 54.4 Å². The molecule has 1 aliphatic heterocycles. The third-order valence-electron chi connectivity index (χ3n) is 4.40. The first kappa shape index (κ1) is 20.0. The second-order valence-electron chi connectivity index (χ2n) is 6.43. The third-order valence-corrected chi connectivity index (χ3v) is 6.32. The fourth-order valence-corrected chi connectivity index (χ4v) is 4.42. The molecule has 0 unspecified atom stereocenters. The molecule has 2 heterocycles. The van der Waals surface area contributed by atoms with Crippen LogP contribution in [-0.4, -0.2) is 49.2 Å². The van der Waals surface area contributed by atoms with Crippen LogP contribution in [0.4, 0.5) is 5.69 Å². The van der Waals surface area contributed by atoms with E-state index >= 15 is 0 Å². The van der Waals surface area contributed by atoms with Gasteiger partial charge in [-0.15, -0.1) is 0 Å². The predicted molar refractivity (Wildman–Crippen MR) is 104 cm³/mol. The van der Waals surface area contributed by atoms with Gasteiger partial charge in [-0.25, -0.2) is 8.42 Å². The van der Waals surface area contributed by atoms with Crippen LogP contribution in [-0.2, 0) is 14.8 Å². The third kappa shape index (κ3) is 4.93. The lowest BCUT2D eigenvalue weighted by molar-refractivity contribution is -0.116. The molecule has 1 aromatic heterocycles. The minimum Gasteiger partial charge on any atom is -0.352 e. The Bertz CT molecular complexity index is 924. The number of carbonyl (C=O) groups excluding carboxylic acids is 2. The van der Waals surface area contributed by atoms with E-state index in [-0.39, 0.29) is 29.7 Å². The minimum absolute atomic E-state index is 0.113. The summed E-state index contributed by atoms with van der Waals surface area (Å²) in [6, 6.07) is 9.28. The van der Waals surface area contributed by atoms with Crippen molar-refractivity contribution < 1.29 is 18.0 Å². The van der Waals surface area contributed by atoms with E-state index in [0.29, 0.717) is 24.3 Å². The number of benzene rings is 1. The van der Waals surface area contributed by atoms with Crippen molar-refractivity contribution in [2.24, 2.45) is 0 Å². The topological polar surface area (TPSA) is 108 Å². The lowest BCUT2D eigenvalue weighted by Crippen LogP contribution is -2.29. The molecule has 8 nitrogen and oxygen atoms in total. The van der Waals surface area contributed by atoms with Crippen molar-refractivity contribution in [2.45, 2.75) is 24.2 Å². The first-order valence-corrected chi connectivity index (χ1v) is 10.5. The molecule has 9 heteroatoms. The van der Waals surface area contributed by atoms with Gasteiger partial charge in [-0.1, -0.05) is 0 Å². The number of hydrogen-bond donors (Lipinski definition) is 2. The summed E-state index contributed by atoms with van der Waals surface area (Å²) in [5.74, 6) is -0.598. The number of sulfonamides is 1. The maximum Gasteiger partial charge on any atom is 0.251 e. The zero-order valence-electron chi connectivity index (χ0n) is 15.3. The molecule has 3 rings (SSSR count). The van der Waals surface area contributed by atoms with E-state index in [2.05, 4.69) is 15.6 Å². The number of aromatic nitrogens is 1. The van der Waals surface area contributed by atoms with E-state index in [1.54, 1.807) is 18.3 Å². The molecule has 2 aromatic rings. The fraction of sp³-hybridized carbons (Fsp3) is 0.316. The highest BCUT2D eigenvalue weighted by molar-refractivity contribution is 7.89. The molecule has 1 aromatic carbocycles. The largest absolute Gasteiger partial charge is 0.352 e. The Labute approximate surface area is 164 Å². The second kappa shape index (κ2) is 8.94.